The fourth-order valence-electron chi connectivity index (χ4n) is 4.67. The van der Waals surface area contributed by atoms with Crippen LogP contribution in [-0.4, -0.2) is 55.2 Å². The maximum atomic E-state index is 13.7. The summed E-state index contributed by atoms with van der Waals surface area (Å²) in [7, 11) is 1.57. The summed E-state index contributed by atoms with van der Waals surface area (Å²) in [6.45, 7) is 0.400. The largest absolute Gasteiger partial charge is 0.497 e. The Morgan fingerprint density at radius 2 is 1.64 bits per heavy atom. The molecule has 4 aromatic carbocycles. The normalized spacial score (nSPS) is 12.2. The number of aliphatic carboxylic acids is 1. The second-order valence-corrected chi connectivity index (χ2v) is 9.94. The molecule has 218 valence electrons. The first-order valence-electron chi connectivity index (χ1n) is 13.7. The fourth-order valence-corrected chi connectivity index (χ4v) is 4.67. The van der Waals surface area contributed by atoms with E-state index >= 15 is 0 Å². The van der Waals surface area contributed by atoms with E-state index in [-0.39, 0.29) is 24.8 Å². The smallest absolute Gasteiger partial charge is 0.305 e. The van der Waals surface area contributed by atoms with Crippen molar-refractivity contribution in [3.8, 4) is 11.5 Å². The molecule has 0 aliphatic carbocycles. The lowest BCUT2D eigenvalue weighted by Crippen LogP contribution is -2.48. The summed E-state index contributed by atoms with van der Waals surface area (Å²) >= 11 is 0. The van der Waals surface area contributed by atoms with Crippen LogP contribution in [0.15, 0.2) is 91.0 Å². The first-order valence-corrected chi connectivity index (χ1v) is 13.7. The number of rotatable bonds is 14. The Balaban J connectivity index is 1.48. The van der Waals surface area contributed by atoms with E-state index in [4.69, 9.17) is 15.2 Å². The number of nitrogens with two attached hydrogens (primary N) is 1. The van der Waals surface area contributed by atoms with Crippen molar-refractivity contribution < 1.29 is 29.0 Å². The summed E-state index contributed by atoms with van der Waals surface area (Å²) in [6, 6.07) is 26.4. The molecule has 0 fully saturated rings. The average Bonchev–Trinajstić information content (AvgIpc) is 2.99. The van der Waals surface area contributed by atoms with Crippen molar-refractivity contribution in [2.45, 2.75) is 31.3 Å². The minimum atomic E-state index is -1.30. The highest BCUT2D eigenvalue weighted by Gasteiger charge is 2.27. The molecule has 9 heteroatoms. The summed E-state index contributed by atoms with van der Waals surface area (Å²) in [5, 5.41) is 16.3. The average molecular weight is 570 g/mol. The van der Waals surface area contributed by atoms with E-state index in [0.717, 1.165) is 16.5 Å². The molecule has 4 aromatic rings. The van der Waals surface area contributed by atoms with E-state index in [1.807, 2.05) is 72.8 Å². The number of carbonyl (C=O) groups is 3. The van der Waals surface area contributed by atoms with Crippen molar-refractivity contribution in [1.82, 2.24) is 10.6 Å². The van der Waals surface area contributed by atoms with Crippen LogP contribution in [0.3, 0.4) is 0 Å². The van der Waals surface area contributed by atoms with E-state index in [1.54, 1.807) is 25.3 Å². The minimum Gasteiger partial charge on any atom is -0.497 e. The molecular weight excluding hydrogens is 534 g/mol. The first-order chi connectivity index (χ1) is 20.3. The monoisotopic (exact) mass is 569 g/mol. The molecule has 0 unspecified atom stereocenters. The second-order valence-electron chi connectivity index (χ2n) is 9.94. The summed E-state index contributed by atoms with van der Waals surface area (Å²) in [5.41, 5.74) is 8.54. The van der Waals surface area contributed by atoms with Crippen LogP contribution in [0.5, 0.6) is 11.5 Å². The number of fused-ring (bicyclic) bond motifs is 1. The topological polar surface area (TPSA) is 140 Å². The SMILES string of the molecule is COc1cccc(CCNC(=O)[C@H](CC(=O)O)NC(=O)c2c(OC[C@H](N)Cc3ccccc3)ccc3ccccc23)c1. The lowest BCUT2D eigenvalue weighted by molar-refractivity contribution is -0.139. The molecule has 42 heavy (non-hydrogen) atoms. The Labute approximate surface area is 244 Å². The predicted molar refractivity (Wildman–Crippen MR) is 161 cm³/mol. The van der Waals surface area contributed by atoms with Crippen molar-refractivity contribution >= 4 is 28.6 Å². The van der Waals surface area contributed by atoms with Crippen molar-refractivity contribution in [3.63, 3.8) is 0 Å². The van der Waals surface area contributed by atoms with Gasteiger partial charge in [0, 0.05) is 12.6 Å². The Bertz CT molecular complexity index is 1530. The molecule has 9 nitrogen and oxygen atoms in total. The van der Waals surface area contributed by atoms with Gasteiger partial charge in [0.15, 0.2) is 0 Å². The van der Waals surface area contributed by atoms with Gasteiger partial charge >= 0.3 is 5.97 Å². The zero-order valence-electron chi connectivity index (χ0n) is 23.4. The van der Waals surface area contributed by atoms with Crippen LogP contribution in [0, 0.1) is 0 Å². The number of amides is 2. The van der Waals surface area contributed by atoms with Crippen molar-refractivity contribution in [1.29, 1.82) is 0 Å². The molecule has 5 N–H and O–H groups in total. The minimum absolute atomic E-state index is 0.150. The Morgan fingerprint density at radius 3 is 2.40 bits per heavy atom. The Morgan fingerprint density at radius 1 is 0.905 bits per heavy atom. The lowest BCUT2D eigenvalue weighted by Gasteiger charge is -2.20. The number of carboxylic acids is 1. The third kappa shape index (κ3) is 8.31. The van der Waals surface area contributed by atoms with Gasteiger partial charge in [0.2, 0.25) is 5.91 Å². The van der Waals surface area contributed by atoms with Gasteiger partial charge < -0.3 is 30.9 Å². The van der Waals surface area contributed by atoms with Gasteiger partial charge in [0.25, 0.3) is 5.91 Å². The highest BCUT2D eigenvalue weighted by molar-refractivity contribution is 6.10. The quantitative estimate of drug-likeness (QED) is 0.181. The number of hydrogen-bond acceptors (Lipinski definition) is 6. The zero-order valence-corrected chi connectivity index (χ0v) is 23.4. The molecule has 0 bridgehead atoms. The summed E-state index contributed by atoms with van der Waals surface area (Å²) in [6.07, 6.45) is 0.507. The molecule has 4 rings (SSSR count). The van der Waals surface area contributed by atoms with E-state index in [2.05, 4.69) is 10.6 Å². The molecule has 2 amide bonds. The Kier molecular flexibility index (Phi) is 10.5. The molecule has 0 saturated heterocycles. The highest BCUT2D eigenvalue weighted by atomic mass is 16.5. The number of carboxylic acid groups (broad SMARTS) is 1. The van der Waals surface area contributed by atoms with Crippen LogP contribution >= 0.6 is 0 Å². The maximum Gasteiger partial charge on any atom is 0.305 e. The molecule has 0 aromatic heterocycles. The second kappa shape index (κ2) is 14.7. The van der Waals surface area contributed by atoms with Crippen molar-refractivity contribution in [2.75, 3.05) is 20.3 Å². The van der Waals surface area contributed by atoms with Gasteiger partial charge in [-0.05, 0) is 52.9 Å². The number of nitrogens with one attached hydrogen (secondary N) is 2. The fraction of sp³-hybridized carbons (Fsp3) is 0.242. The van der Waals surface area contributed by atoms with Gasteiger partial charge in [-0.15, -0.1) is 0 Å². The Hall–Kier alpha value is -4.89. The third-order valence-corrected chi connectivity index (χ3v) is 6.76. The van der Waals surface area contributed by atoms with Gasteiger partial charge in [0.1, 0.15) is 24.1 Å². The van der Waals surface area contributed by atoms with Gasteiger partial charge in [-0.2, -0.15) is 0 Å². The van der Waals surface area contributed by atoms with E-state index in [9.17, 15) is 19.5 Å². The molecule has 0 aliphatic rings. The van der Waals surface area contributed by atoms with Crippen LogP contribution in [-0.2, 0) is 22.4 Å². The van der Waals surface area contributed by atoms with E-state index in [0.29, 0.717) is 29.7 Å². The maximum absolute atomic E-state index is 13.7. The third-order valence-electron chi connectivity index (χ3n) is 6.76. The lowest BCUT2D eigenvalue weighted by atomic mass is 10.0. The highest BCUT2D eigenvalue weighted by Crippen LogP contribution is 2.28. The molecule has 2 atom stereocenters. The molecule has 0 saturated carbocycles. The number of benzene rings is 4. The molecule has 0 spiro atoms. The first kappa shape index (κ1) is 30.1. The summed E-state index contributed by atoms with van der Waals surface area (Å²) < 4.78 is 11.3. The molecule has 0 radical (unpaired) electrons. The van der Waals surface area contributed by atoms with Crippen LogP contribution in [0.1, 0.15) is 27.9 Å². The molecular formula is C33H35N3O6. The van der Waals surface area contributed by atoms with Gasteiger partial charge in [-0.3, -0.25) is 14.4 Å². The van der Waals surface area contributed by atoms with Crippen LogP contribution < -0.4 is 25.8 Å². The summed E-state index contributed by atoms with van der Waals surface area (Å²) in [5.74, 6) is -1.44. The number of methoxy groups -OCH3 is 1. The van der Waals surface area contributed by atoms with Crippen molar-refractivity contribution in [2.24, 2.45) is 5.73 Å². The van der Waals surface area contributed by atoms with Crippen LogP contribution in [0.2, 0.25) is 0 Å². The predicted octanol–water partition coefficient (Wildman–Crippen LogP) is 3.73. The van der Waals surface area contributed by atoms with Gasteiger partial charge in [-0.25, -0.2) is 0 Å². The standard InChI is InChI=1S/C33H35N3O6/c1-41-26-12-7-10-23(19-26)16-17-35-32(39)28(20-30(37)38)36-33(40)31-27-13-6-5-11-24(27)14-15-29(31)42-21-25(34)18-22-8-3-2-4-9-22/h2-15,19,25,28H,16-18,20-21,34H2,1H3,(H,35,39)(H,36,40)(H,37,38)/t25-,28+/m1/s1. The number of carbonyl (C=O) groups excluding carboxylic acids is 2. The van der Waals surface area contributed by atoms with Crippen LogP contribution in [0.25, 0.3) is 10.8 Å². The zero-order chi connectivity index (χ0) is 29.9. The van der Waals surface area contributed by atoms with Crippen molar-refractivity contribution in [3.05, 3.63) is 108 Å². The number of ether oxygens (including phenoxy) is 2. The molecule has 0 aliphatic heterocycles. The van der Waals surface area contributed by atoms with Gasteiger partial charge in [-0.1, -0.05) is 72.8 Å². The van der Waals surface area contributed by atoms with E-state index in [1.165, 1.54) is 0 Å². The van der Waals surface area contributed by atoms with Crippen LogP contribution in [0.4, 0.5) is 0 Å². The summed E-state index contributed by atoms with van der Waals surface area (Å²) in [4.78, 5) is 38.3. The van der Waals surface area contributed by atoms with Gasteiger partial charge in [0.05, 0.1) is 19.1 Å². The molecule has 0 heterocycles. The van der Waals surface area contributed by atoms with E-state index < -0.39 is 30.2 Å². The number of hydrogen-bond donors (Lipinski definition) is 4.